The van der Waals surface area contributed by atoms with Crippen LogP contribution in [0.15, 0.2) is 30.3 Å². The lowest BCUT2D eigenvalue weighted by Crippen LogP contribution is -2.42. The first-order valence-electron chi connectivity index (χ1n) is 10.7. The molecular weight excluding hydrogens is 366 g/mol. The zero-order valence-corrected chi connectivity index (χ0v) is 19.3. The van der Waals surface area contributed by atoms with Gasteiger partial charge < -0.3 is 9.16 Å². The predicted octanol–water partition coefficient (Wildman–Crippen LogP) is 5.00. The van der Waals surface area contributed by atoms with Gasteiger partial charge in [-0.2, -0.15) is 0 Å². The molecular formula is C23H37NO3Si. The Hall–Kier alpha value is -1.17. The van der Waals surface area contributed by atoms with Gasteiger partial charge in [-0.25, -0.2) is 0 Å². The zero-order valence-electron chi connectivity index (χ0n) is 18.3. The molecule has 2 heterocycles. The fraction of sp³-hybridized carbons (Fsp3) is 0.696. The molecule has 5 heteroatoms. The minimum absolute atomic E-state index is 0.0259. The summed E-state index contributed by atoms with van der Waals surface area (Å²) in [6, 6.07) is 10.6. The third kappa shape index (κ3) is 4.86. The fourth-order valence-corrected chi connectivity index (χ4v) is 5.11. The third-order valence-electron chi connectivity index (χ3n) is 7.10. The summed E-state index contributed by atoms with van der Waals surface area (Å²) in [7, 11) is -1.74. The van der Waals surface area contributed by atoms with Crippen molar-refractivity contribution in [2.75, 3.05) is 19.7 Å². The van der Waals surface area contributed by atoms with Crippen LogP contribution in [0.4, 0.5) is 0 Å². The summed E-state index contributed by atoms with van der Waals surface area (Å²) in [6.45, 7) is 14.9. The van der Waals surface area contributed by atoms with Gasteiger partial charge in [-0.3, -0.25) is 9.69 Å². The maximum absolute atomic E-state index is 12.7. The molecule has 4 nitrogen and oxygen atoms in total. The lowest BCUT2D eigenvalue weighted by molar-refractivity contribution is -0.151. The number of esters is 1. The van der Waals surface area contributed by atoms with Crippen molar-refractivity contribution >= 4 is 14.3 Å². The second-order valence-electron chi connectivity index (χ2n) is 10.2. The highest BCUT2D eigenvalue weighted by Crippen LogP contribution is 2.44. The van der Waals surface area contributed by atoms with Crippen LogP contribution in [-0.2, 0) is 20.5 Å². The van der Waals surface area contributed by atoms with Crippen molar-refractivity contribution in [3.63, 3.8) is 0 Å². The number of carbonyl (C=O) groups excluding carboxylic acids is 1. The Morgan fingerprint density at radius 2 is 1.82 bits per heavy atom. The first kappa shape index (κ1) is 21.5. The van der Waals surface area contributed by atoms with E-state index in [1.807, 2.05) is 0 Å². The van der Waals surface area contributed by atoms with Crippen molar-refractivity contribution in [3.8, 4) is 0 Å². The second-order valence-corrected chi connectivity index (χ2v) is 15.0. The maximum atomic E-state index is 12.7. The van der Waals surface area contributed by atoms with Crippen LogP contribution < -0.4 is 0 Å². The Bertz CT molecular complexity index is 660. The number of piperidine rings is 1. The van der Waals surface area contributed by atoms with Crippen LogP contribution >= 0.6 is 0 Å². The smallest absolute Gasteiger partial charge is 0.312 e. The number of carbonyl (C=O) groups is 1. The summed E-state index contributed by atoms with van der Waals surface area (Å²) in [5.41, 5.74) is 1.09. The largest absolute Gasteiger partial charge is 0.462 e. The number of ether oxygens (including phenoxy) is 1. The lowest BCUT2D eigenvalue weighted by Gasteiger charge is -2.37. The van der Waals surface area contributed by atoms with Gasteiger partial charge in [0.15, 0.2) is 8.32 Å². The summed E-state index contributed by atoms with van der Waals surface area (Å²) in [4.78, 5) is 15.1. The molecule has 0 N–H and O–H groups in total. The van der Waals surface area contributed by atoms with Gasteiger partial charge in [0, 0.05) is 26.0 Å². The summed E-state index contributed by atoms with van der Waals surface area (Å²) in [6.07, 6.45) is 3.55. The minimum Gasteiger partial charge on any atom is -0.462 e. The van der Waals surface area contributed by atoms with E-state index < -0.39 is 8.32 Å². The van der Waals surface area contributed by atoms with Gasteiger partial charge in [-0.05, 0) is 49.6 Å². The van der Waals surface area contributed by atoms with Crippen LogP contribution in [0.3, 0.4) is 0 Å². The Balaban J connectivity index is 1.47. The van der Waals surface area contributed by atoms with Crippen molar-refractivity contribution in [2.45, 2.75) is 77.2 Å². The molecule has 1 atom stereocenters. The van der Waals surface area contributed by atoms with Crippen molar-refractivity contribution in [1.29, 1.82) is 0 Å². The van der Waals surface area contributed by atoms with E-state index in [0.717, 1.165) is 45.3 Å². The average Bonchev–Trinajstić information content (AvgIpc) is 2.92. The number of cyclic esters (lactones) is 1. The SMILES string of the molecule is CC(C)(C)[Si](C)(C)OCCC1CC2(CCN(Cc3ccccc3)CC2)C(=O)O1. The standard InChI is InChI=1S/C23H37NO3Si/c1-22(2,3)28(4,5)26-16-11-20-17-23(21(25)27-20)12-14-24(15-13-23)18-19-9-7-6-8-10-19/h6-10,20H,11-18H2,1-5H3. The first-order chi connectivity index (χ1) is 13.1. The summed E-state index contributed by atoms with van der Waals surface area (Å²) < 4.78 is 12.1. The number of nitrogens with zero attached hydrogens (tertiary/aromatic N) is 1. The van der Waals surface area contributed by atoms with Gasteiger partial charge in [0.2, 0.25) is 0 Å². The third-order valence-corrected chi connectivity index (χ3v) is 11.6. The Labute approximate surface area is 171 Å². The van der Waals surface area contributed by atoms with Crippen LogP contribution in [0.1, 0.15) is 52.0 Å². The summed E-state index contributed by atoms with van der Waals surface area (Å²) in [5.74, 6) is 0.0317. The highest BCUT2D eigenvalue weighted by Gasteiger charge is 2.50. The van der Waals surface area contributed by atoms with Gasteiger partial charge >= 0.3 is 5.97 Å². The molecule has 1 aromatic carbocycles. The molecule has 0 saturated carbocycles. The fourth-order valence-electron chi connectivity index (χ4n) is 4.05. The monoisotopic (exact) mass is 403 g/mol. The Kier molecular flexibility index (Phi) is 6.37. The molecule has 0 radical (unpaired) electrons. The van der Waals surface area contributed by atoms with Crippen LogP contribution in [0.5, 0.6) is 0 Å². The molecule has 0 aromatic heterocycles. The summed E-state index contributed by atoms with van der Waals surface area (Å²) >= 11 is 0. The maximum Gasteiger partial charge on any atom is 0.312 e. The van der Waals surface area contributed by atoms with Gasteiger partial charge in [0.25, 0.3) is 0 Å². The van der Waals surface area contributed by atoms with Crippen LogP contribution in [0.25, 0.3) is 0 Å². The Morgan fingerprint density at radius 1 is 1.18 bits per heavy atom. The molecule has 2 aliphatic heterocycles. The second kappa shape index (κ2) is 8.29. The van der Waals surface area contributed by atoms with Gasteiger partial charge in [-0.1, -0.05) is 51.1 Å². The molecule has 3 rings (SSSR count). The van der Waals surface area contributed by atoms with Crippen LogP contribution in [0.2, 0.25) is 18.1 Å². The number of rotatable bonds is 6. The van der Waals surface area contributed by atoms with Crippen molar-refractivity contribution in [3.05, 3.63) is 35.9 Å². The van der Waals surface area contributed by atoms with E-state index in [1.54, 1.807) is 0 Å². The molecule has 28 heavy (non-hydrogen) atoms. The molecule has 2 aliphatic rings. The highest BCUT2D eigenvalue weighted by molar-refractivity contribution is 6.74. The van der Waals surface area contributed by atoms with Crippen molar-refractivity contribution < 1.29 is 14.0 Å². The molecule has 1 unspecified atom stereocenters. The molecule has 1 aromatic rings. The van der Waals surface area contributed by atoms with E-state index in [-0.39, 0.29) is 22.5 Å². The van der Waals surface area contributed by atoms with E-state index >= 15 is 0 Å². The number of likely N-dealkylation sites (tertiary alicyclic amines) is 1. The van der Waals surface area contributed by atoms with E-state index in [4.69, 9.17) is 9.16 Å². The molecule has 0 amide bonds. The van der Waals surface area contributed by atoms with Crippen molar-refractivity contribution in [1.82, 2.24) is 4.90 Å². The van der Waals surface area contributed by atoms with Crippen LogP contribution in [-0.4, -0.2) is 45.0 Å². The molecule has 0 aliphatic carbocycles. The van der Waals surface area contributed by atoms with E-state index in [2.05, 4.69) is 69.1 Å². The number of hydrogen-bond acceptors (Lipinski definition) is 4. The quantitative estimate of drug-likeness (QED) is 0.495. The Morgan fingerprint density at radius 3 is 2.43 bits per heavy atom. The molecule has 2 saturated heterocycles. The number of hydrogen-bond donors (Lipinski definition) is 0. The molecule has 2 fully saturated rings. The lowest BCUT2D eigenvalue weighted by atomic mass is 9.75. The zero-order chi connectivity index (χ0) is 20.4. The summed E-state index contributed by atoms with van der Waals surface area (Å²) in [5, 5.41) is 0.214. The predicted molar refractivity (Wildman–Crippen MR) is 116 cm³/mol. The van der Waals surface area contributed by atoms with Gasteiger partial charge in [0.1, 0.15) is 6.10 Å². The van der Waals surface area contributed by atoms with E-state index in [9.17, 15) is 4.79 Å². The normalized spacial score (nSPS) is 23.2. The minimum atomic E-state index is -1.74. The highest BCUT2D eigenvalue weighted by atomic mass is 28.4. The van der Waals surface area contributed by atoms with E-state index in [1.165, 1.54) is 5.56 Å². The average molecular weight is 404 g/mol. The van der Waals surface area contributed by atoms with Crippen molar-refractivity contribution in [2.24, 2.45) is 5.41 Å². The van der Waals surface area contributed by atoms with Crippen LogP contribution in [0, 0.1) is 5.41 Å². The molecule has 0 bridgehead atoms. The molecule has 156 valence electrons. The van der Waals surface area contributed by atoms with E-state index in [0.29, 0.717) is 6.61 Å². The molecule has 1 spiro atoms. The van der Waals surface area contributed by atoms with Gasteiger partial charge in [-0.15, -0.1) is 0 Å². The topological polar surface area (TPSA) is 38.8 Å². The number of benzene rings is 1. The first-order valence-corrected chi connectivity index (χ1v) is 13.6. The van der Waals surface area contributed by atoms with Gasteiger partial charge in [0.05, 0.1) is 5.41 Å².